The van der Waals surface area contributed by atoms with Crippen molar-refractivity contribution in [3.8, 4) is 0 Å². The van der Waals surface area contributed by atoms with E-state index >= 15 is 0 Å². The zero-order valence-electron chi connectivity index (χ0n) is 13.2. The van der Waals surface area contributed by atoms with E-state index in [2.05, 4.69) is 16.8 Å². The fourth-order valence-corrected chi connectivity index (χ4v) is 2.95. The second kappa shape index (κ2) is 9.96. The number of nitrogens with zero attached hydrogens (tertiary/aromatic N) is 1. The highest BCUT2D eigenvalue weighted by atomic mass is 35.5. The van der Waals surface area contributed by atoms with Crippen molar-refractivity contribution < 1.29 is 13.2 Å². The van der Waals surface area contributed by atoms with Crippen molar-refractivity contribution in [1.29, 1.82) is 0 Å². The number of halogens is 4. The van der Waals surface area contributed by atoms with Crippen molar-refractivity contribution in [3.05, 3.63) is 47.8 Å². The summed E-state index contributed by atoms with van der Waals surface area (Å²) in [5.41, 5.74) is 0.525. The maximum atomic E-state index is 13.6. The van der Waals surface area contributed by atoms with E-state index in [-0.39, 0.29) is 18.4 Å². The van der Waals surface area contributed by atoms with Crippen molar-refractivity contribution in [2.45, 2.75) is 31.7 Å². The number of hydrogen-bond acceptors (Lipinski definition) is 2. The SMILES string of the molecule is C=CCCCC[C@@H](c1cc(F)c(F)c(F)c1)N1CCNCC1.Cl. The van der Waals surface area contributed by atoms with Gasteiger partial charge in [0.15, 0.2) is 17.5 Å². The average molecular weight is 349 g/mol. The molecule has 0 amide bonds. The summed E-state index contributed by atoms with van der Waals surface area (Å²) in [5, 5.41) is 3.27. The first-order chi connectivity index (χ1) is 10.6. The van der Waals surface area contributed by atoms with Crippen LogP contribution in [0.2, 0.25) is 0 Å². The molecule has 0 unspecified atom stereocenters. The lowest BCUT2D eigenvalue weighted by atomic mass is 9.97. The average Bonchev–Trinajstić information content (AvgIpc) is 2.53. The minimum absolute atomic E-state index is 0. The molecule has 1 aliphatic rings. The van der Waals surface area contributed by atoms with Gasteiger partial charge in [0.1, 0.15) is 0 Å². The summed E-state index contributed by atoms with van der Waals surface area (Å²) >= 11 is 0. The summed E-state index contributed by atoms with van der Waals surface area (Å²) in [6.07, 6.45) is 5.55. The molecule has 2 rings (SSSR count). The van der Waals surface area contributed by atoms with Gasteiger partial charge in [0, 0.05) is 32.2 Å². The number of benzene rings is 1. The Bertz CT molecular complexity index is 482. The molecule has 130 valence electrons. The summed E-state index contributed by atoms with van der Waals surface area (Å²) in [5.74, 6) is -3.61. The second-order valence-corrected chi connectivity index (χ2v) is 5.67. The zero-order chi connectivity index (χ0) is 15.9. The number of piperazine rings is 1. The predicted molar refractivity (Wildman–Crippen MR) is 89.4 cm³/mol. The molecule has 0 aliphatic carbocycles. The quantitative estimate of drug-likeness (QED) is 0.451. The minimum atomic E-state index is -1.39. The fraction of sp³-hybridized carbons (Fsp3) is 0.529. The van der Waals surface area contributed by atoms with Crippen LogP contribution in [0, 0.1) is 17.5 Å². The topological polar surface area (TPSA) is 15.3 Å². The summed E-state index contributed by atoms with van der Waals surface area (Å²) < 4.78 is 40.3. The van der Waals surface area contributed by atoms with E-state index in [0.29, 0.717) is 5.56 Å². The van der Waals surface area contributed by atoms with Crippen LogP contribution in [-0.4, -0.2) is 31.1 Å². The molecule has 2 nitrogen and oxygen atoms in total. The van der Waals surface area contributed by atoms with Crippen LogP contribution in [0.5, 0.6) is 0 Å². The van der Waals surface area contributed by atoms with Crippen molar-refractivity contribution in [2.24, 2.45) is 0 Å². The van der Waals surface area contributed by atoms with Crippen LogP contribution in [0.25, 0.3) is 0 Å². The lowest BCUT2D eigenvalue weighted by molar-refractivity contribution is 0.162. The van der Waals surface area contributed by atoms with Crippen LogP contribution >= 0.6 is 12.4 Å². The molecular formula is C17H24ClF3N2. The zero-order valence-corrected chi connectivity index (χ0v) is 14.0. The van der Waals surface area contributed by atoms with Crippen LogP contribution in [0.15, 0.2) is 24.8 Å². The Labute approximate surface area is 142 Å². The predicted octanol–water partition coefficient (Wildman–Crippen LogP) is 4.22. The first-order valence-electron chi connectivity index (χ1n) is 7.83. The van der Waals surface area contributed by atoms with Gasteiger partial charge in [-0.1, -0.05) is 12.5 Å². The normalized spacial score (nSPS) is 16.7. The molecule has 1 heterocycles. The van der Waals surface area contributed by atoms with E-state index in [1.165, 1.54) is 0 Å². The van der Waals surface area contributed by atoms with E-state index in [9.17, 15) is 13.2 Å². The van der Waals surface area contributed by atoms with E-state index in [0.717, 1.165) is 64.0 Å². The monoisotopic (exact) mass is 348 g/mol. The molecule has 1 aliphatic heterocycles. The standard InChI is InChI=1S/C17H23F3N2.ClH/c1-2-3-4-5-6-16(22-9-7-21-8-10-22)13-11-14(18)17(20)15(19)12-13;/h2,11-12,16,21H,1,3-10H2;1H/t16-;/m0./s1. The van der Waals surface area contributed by atoms with E-state index in [1.807, 2.05) is 6.08 Å². The molecule has 23 heavy (non-hydrogen) atoms. The summed E-state index contributed by atoms with van der Waals surface area (Å²) in [6, 6.07) is 2.20. The minimum Gasteiger partial charge on any atom is -0.314 e. The molecule has 1 aromatic rings. The third-order valence-electron chi connectivity index (χ3n) is 4.12. The van der Waals surface area contributed by atoms with Gasteiger partial charge in [-0.15, -0.1) is 19.0 Å². The van der Waals surface area contributed by atoms with Gasteiger partial charge in [-0.05, 0) is 37.0 Å². The number of rotatable bonds is 7. The maximum Gasteiger partial charge on any atom is 0.194 e. The summed E-state index contributed by atoms with van der Waals surface area (Å²) in [6.45, 7) is 7.06. The van der Waals surface area contributed by atoms with E-state index < -0.39 is 17.5 Å². The number of allylic oxidation sites excluding steroid dienone is 1. The van der Waals surface area contributed by atoms with Crippen molar-refractivity contribution in [3.63, 3.8) is 0 Å². The van der Waals surface area contributed by atoms with Gasteiger partial charge in [0.2, 0.25) is 0 Å². The number of nitrogens with one attached hydrogen (secondary N) is 1. The van der Waals surface area contributed by atoms with Gasteiger partial charge < -0.3 is 5.32 Å². The van der Waals surface area contributed by atoms with Crippen molar-refractivity contribution >= 4 is 12.4 Å². The molecule has 1 fully saturated rings. The lowest BCUT2D eigenvalue weighted by Gasteiger charge is -2.35. The van der Waals surface area contributed by atoms with Crippen LogP contribution in [0.4, 0.5) is 13.2 Å². The fourth-order valence-electron chi connectivity index (χ4n) is 2.95. The summed E-state index contributed by atoms with van der Waals surface area (Å²) in [7, 11) is 0. The Hall–Kier alpha value is -1.04. The first kappa shape index (κ1) is 20.0. The lowest BCUT2D eigenvalue weighted by Crippen LogP contribution is -2.45. The van der Waals surface area contributed by atoms with Crippen LogP contribution < -0.4 is 5.32 Å². The molecule has 0 bridgehead atoms. The third-order valence-corrected chi connectivity index (χ3v) is 4.12. The largest absolute Gasteiger partial charge is 0.314 e. The van der Waals surface area contributed by atoms with Gasteiger partial charge in [-0.25, -0.2) is 13.2 Å². The van der Waals surface area contributed by atoms with Gasteiger partial charge in [0.25, 0.3) is 0 Å². The van der Waals surface area contributed by atoms with E-state index in [4.69, 9.17) is 0 Å². The van der Waals surface area contributed by atoms with Gasteiger partial charge in [0.05, 0.1) is 0 Å². The first-order valence-corrected chi connectivity index (χ1v) is 7.83. The Morgan fingerprint density at radius 2 is 1.74 bits per heavy atom. The number of hydrogen-bond donors (Lipinski definition) is 1. The highest BCUT2D eigenvalue weighted by Gasteiger charge is 2.24. The summed E-state index contributed by atoms with van der Waals surface area (Å²) in [4.78, 5) is 2.22. The molecule has 0 spiro atoms. The molecule has 0 radical (unpaired) electrons. The molecular weight excluding hydrogens is 325 g/mol. The molecule has 6 heteroatoms. The highest BCUT2D eigenvalue weighted by Crippen LogP contribution is 2.29. The molecule has 1 saturated heterocycles. The molecule has 0 aromatic heterocycles. The van der Waals surface area contributed by atoms with Crippen molar-refractivity contribution in [2.75, 3.05) is 26.2 Å². The molecule has 1 aromatic carbocycles. The molecule has 1 N–H and O–H groups in total. The van der Waals surface area contributed by atoms with Crippen LogP contribution in [0.1, 0.15) is 37.3 Å². The highest BCUT2D eigenvalue weighted by molar-refractivity contribution is 5.85. The third kappa shape index (κ3) is 5.52. The Morgan fingerprint density at radius 3 is 2.30 bits per heavy atom. The van der Waals surface area contributed by atoms with Gasteiger partial charge in [-0.3, -0.25) is 4.90 Å². The van der Waals surface area contributed by atoms with Crippen molar-refractivity contribution in [1.82, 2.24) is 10.2 Å². The Kier molecular flexibility index (Phi) is 8.66. The van der Waals surface area contributed by atoms with Crippen LogP contribution in [-0.2, 0) is 0 Å². The van der Waals surface area contributed by atoms with Gasteiger partial charge in [-0.2, -0.15) is 0 Å². The molecule has 1 atom stereocenters. The van der Waals surface area contributed by atoms with Gasteiger partial charge >= 0.3 is 0 Å². The second-order valence-electron chi connectivity index (χ2n) is 5.67. The Morgan fingerprint density at radius 1 is 1.13 bits per heavy atom. The smallest absolute Gasteiger partial charge is 0.194 e. The van der Waals surface area contributed by atoms with Crippen LogP contribution in [0.3, 0.4) is 0 Å². The number of unbranched alkanes of at least 4 members (excludes halogenated alkanes) is 2. The van der Waals surface area contributed by atoms with E-state index in [1.54, 1.807) is 0 Å². The maximum absolute atomic E-state index is 13.6. The Balaban J connectivity index is 0.00000264. The molecule has 0 saturated carbocycles.